The van der Waals surface area contributed by atoms with E-state index in [2.05, 4.69) is 4.98 Å². The Bertz CT molecular complexity index is 948. The van der Waals surface area contributed by atoms with E-state index in [1.54, 1.807) is 37.9 Å². The summed E-state index contributed by atoms with van der Waals surface area (Å²) in [6.45, 7) is 0.205. The van der Waals surface area contributed by atoms with Crippen LogP contribution >= 0.6 is 0 Å². The summed E-state index contributed by atoms with van der Waals surface area (Å²) in [5, 5.41) is 0. The monoisotopic (exact) mass is 300 g/mol. The summed E-state index contributed by atoms with van der Waals surface area (Å²) in [6.07, 6.45) is 1.53. The normalized spacial score (nSPS) is 11.0. The lowest BCUT2D eigenvalue weighted by Gasteiger charge is -2.09. The molecule has 3 aromatic rings. The van der Waals surface area contributed by atoms with Crippen molar-refractivity contribution in [3.63, 3.8) is 0 Å². The number of aromatic nitrogens is 4. The van der Waals surface area contributed by atoms with Crippen molar-refractivity contribution in [3.8, 4) is 5.75 Å². The number of methoxy groups -OCH3 is 1. The van der Waals surface area contributed by atoms with E-state index in [1.165, 1.54) is 15.5 Å². The van der Waals surface area contributed by atoms with Gasteiger partial charge >= 0.3 is 5.69 Å². The topological polar surface area (TPSA) is 71.1 Å². The number of benzene rings is 1. The summed E-state index contributed by atoms with van der Waals surface area (Å²) in [7, 11) is 4.94. The summed E-state index contributed by atoms with van der Waals surface area (Å²) < 4.78 is 9.33. The van der Waals surface area contributed by atoms with Crippen LogP contribution in [-0.2, 0) is 20.6 Å². The Balaban J connectivity index is 2.16. The molecule has 0 aliphatic rings. The molecule has 0 aliphatic carbocycles. The Morgan fingerprint density at radius 1 is 1.14 bits per heavy atom. The molecule has 0 saturated heterocycles. The standard InChI is InChI=1S/C15H16N4O3/c1-17-9-16-13-12(17)14(20)19(15(21)18(13)2)8-10-4-6-11(22-3)7-5-10/h4-7,9H,8H2,1-3H3. The smallest absolute Gasteiger partial charge is 0.332 e. The van der Waals surface area contributed by atoms with Gasteiger partial charge in [-0.3, -0.25) is 13.9 Å². The predicted molar refractivity (Wildman–Crippen MR) is 82.3 cm³/mol. The van der Waals surface area contributed by atoms with E-state index < -0.39 is 0 Å². The van der Waals surface area contributed by atoms with Gasteiger partial charge in [-0.1, -0.05) is 12.1 Å². The van der Waals surface area contributed by atoms with Crippen LogP contribution in [0.25, 0.3) is 11.2 Å². The van der Waals surface area contributed by atoms with E-state index in [-0.39, 0.29) is 17.8 Å². The van der Waals surface area contributed by atoms with Crippen molar-refractivity contribution in [2.75, 3.05) is 7.11 Å². The van der Waals surface area contributed by atoms with Crippen LogP contribution in [0.5, 0.6) is 5.75 Å². The molecule has 0 saturated carbocycles. The van der Waals surface area contributed by atoms with Gasteiger partial charge in [0.15, 0.2) is 11.2 Å². The summed E-state index contributed by atoms with van der Waals surface area (Å²) in [6, 6.07) is 7.26. The summed E-state index contributed by atoms with van der Waals surface area (Å²) in [5.41, 5.74) is 0.932. The first-order chi connectivity index (χ1) is 10.5. The number of ether oxygens (including phenoxy) is 1. The SMILES string of the molecule is COc1ccc(Cn2c(=O)c3c(ncn3C)n(C)c2=O)cc1. The average molecular weight is 300 g/mol. The molecule has 2 heterocycles. The van der Waals surface area contributed by atoms with Crippen molar-refractivity contribution in [2.45, 2.75) is 6.54 Å². The quantitative estimate of drug-likeness (QED) is 0.706. The number of fused-ring (bicyclic) bond motifs is 1. The molecule has 7 heteroatoms. The number of nitrogens with zero attached hydrogens (tertiary/aromatic N) is 4. The minimum atomic E-state index is -0.382. The highest BCUT2D eigenvalue weighted by molar-refractivity contribution is 5.69. The molecule has 0 unspecified atom stereocenters. The first kappa shape index (κ1) is 14.1. The molecule has 0 atom stereocenters. The van der Waals surface area contributed by atoms with Crippen LogP contribution in [0.2, 0.25) is 0 Å². The molecule has 0 aliphatic heterocycles. The number of rotatable bonds is 3. The number of hydrogen-bond donors (Lipinski definition) is 0. The maximum atomic E-state index is 12.6. The van der Waals surface area contributed by atoms with Gasteiger partial charge in [-0.15, -0.1) is 0 Å². The molecule has 0 radical (unpaired) electrons. The molecule has 0 fully saturated rings. The maximum Gasteiger partial charge on any atom is 0.332 e. The van der Waals surface area contributed by atoms with Gasteiger partial charge in [0.05, 0.1) is 20.0 Å². The summed E-state index contributed by atoms with van der Waals surface area (Å²) >= 11 is 0. The molecule has 3 rings (SSSR count). The summed E-state index contributed by atoms with van der Waals surface area (Å²) in [5.74, 6) is 0.728. The largest absolute Gasteiger partial charge is 0.497 e. The van der Waals surface area contributed by atoms with Gasteiger partial charge in [0.25, 0.3) is 5.56 Å². The fraction of sp³-hybridized carbons (Fsp3) is 0.267. The van der Waals surface area contributed by atoms with Crippen LogP contribution in [0.1, 0.15) is 5.56 Å². The molecule has 22 heavy (non-hydrogen) atoms. The van der Waals surface area contributed by atoms with Gasteiger partial charge in [0, 0.05) is 14.1 Å². The van der Waals surface area contributed by atoms with Crippen LogP contribution in [0.3, 0.4) is 0 Å². The van der Waals surface area contributed by atoms with Crippen LogP contribution in [0, 0.1) is 0 Å². The zero-order valence-corrected chi connectivity index (χ0v) is 12.6. The van der Waals surface area contributed by atoms with Crippen molar-refractivity contribution in [1.82, 2.24) is 18.7 Å². The highest BCUT2D eigenvalue weighted by Crippen LogP contribution is 2.12. The Kier molecular flexibility index (Phi) is 3.32. The Hall–Kier alpha value is -2.83. The second-order valence-electron chi connectivity index (χ2n) is 5.11. The molecule has 7 nitrogen and oxygen atoms in total. The lowest BCUT2D eigenvalue weighted by molar-refractivity contribution is 0.414. The molecular formula is C15H16N4O3. The Morgan fingerprint density at radius 2 is 1.82 bits per heavy atom. The molecule has 0 N–H and O–H groups in total. The Morgan fingerprint density at radius 3 is 2.45 bits per heavy atom. The zero-order valence-electron chi connectivity index (χ0n) is 12.6. The van der Waals surface area contributed by atoms with Crippen molar-refractivity contribution in [1.29, 1.82) is 0 Å². The number of hydrogen-bond acceptors (Lipinski definition) is 4. The fourth-order valence-electron chi connectivity index (χ4n) is 2.45. The fourth-order valence-corrected chi connectivity index (χ4v) is 2.45. The van der Waals surface area contributed by atoms with E-state index in [0.29, 0.717) is 11.2 Å². The highest BCUT2D eigenvalue weighted by atomic mass is 16.5. The van der Waals surface area contributed by atoms with Crippen LogP contribution in [0.15, 0.2) is 40.2 Å². The van der Waals surface area contributed by atoms with Gasteiger partial charge in [-0.25, -0.2) is 9.78 Å². The third kappa shape index (κ3) is 2.11. The molecule has 0 amide bonds. The number of imidazole rings is 1. The van der Waals surface area contributed by atoms with Gasteiger partial charge in [-0.2, -0.15) is 0 Å². The van der Waals surface area contributed by atoms with E-state index in [9.17, 15) is 9.59 Å². The van der Waals surface area contributed by atoms with Crippen molar-refractivity contribution in [2.24, 2.45) is 14.1 Å². The molecule has 2 aromatic heterocycles. The number of aryl methyl sites for hydroxylation is 2. The predicted octanol–water partition coefficient (Wildman–Crippen LogP) is 0.491. The molecule has 1 aromatic carbocycles. The van der Waals surface area contributed by atoms with Crippen molar-refractivity contribution >= 4 is 11.2 Å². The van der Waals surface area contributed by atoms with Crippen LogP contribution in [0.4, 0.5) is 0 Å². The van der Waals surface area contributed by atoms with Crippen molar-refractivity contribution in [3.05, 3.63) is 57.0 Å². The van der Waals surface area contributed by atoms with Gasteiger partial charge in [0.2, 0.25) is 0 Å². The zero-order chi connectivity index (χ0) is 15.9. The minimum absolute atomic E-state index is 0.205. The van der Waals surface area contributed by atoms with Crippen LogP contribution < -0.4 is 16.0 Å². The van der Waals surface area contributed by atoms with Gasteiger partial charge in [-0.05, 0) is 17.7 Å². The van der Waals surface area contributed by atoms with E-state index in [4.69, 9.17) is 4.74 Å². The lowest BCUT2D eigenvalue weighted by Crippen LogP contribution is -2.39. The van der Waals surface area contributed by atoms with Crippen molar-refractivity contribution < 1.29 is 4.74 Å². The lowest BCUT2D eigenvalue weighted by atomic mass is 10.2. The Labute approximate surface area is 126 Å². The first-order valence-corrected chi connectivity index (χ1v) is 6.76. The molecular weight excluding hydrogens is 284 g/mol. The van der Waals surface area contributed by atoms with Gasteiger partial charge in [0.1, 0.15) is 5.75 Å². The van der Waals surface area contributed by atoms with Crippen LogP contribution in [-0.4, -0.2) is 25.8 Å². The average Bonchev–Trinajstić information content (AvgIpc) is 2.92. The van der Waals surface area contributed by atoms with E-state index >= 15 is 0 Å². The highest BCUT2D eigenvalue weighted by Gasteiger charge is 2.14. The summed E-state index contributed by atoms with van der Waals surface area (Å²) in [4.78, 5) is 29.1. The third-order valence-electron chi connectivity index (χ3n) is 3.70. The first-order valence-electron chi connectivity index (χ1n) is 6.76. The molecule has 0 bridgehead atoms. The van der Waals surface area contributed by atoms with Gasteiger partial charge < -0.3 is 9.30 Å². The third-order valence-corrected chi connectivity index (χ3v) is 3.70. The maximum absolute atomic E-state index is 12.6. The molecule has 114 valence electrons. The van der Waals surface area contributed by atoms with E-state index in [1.807, 2.05) is 12.1 Å². The second-order valence-corrected chi connectivity index (χ2v) is 5.11. The molecule has 0 spiro atoms. The second kappa shape index (κ2) is 5.18. The van der Waals surface area contributed by atoms with E-state index in [0.717, 1.165) is 11.3 Å². The minimum Gasteiger partial charge on any atom is -0.497 e.